The van der Waals surface area contributed by atoms with Crippen molar-refractivity contribution in [1.82, 2.24) is 9.55 Å². The lowest BCUT2D eigenvalue weighted by atomic mass is 10.2. The molecule has 21 heavy (non-hydrogen) atoms. The molecule has 1 unspecified atom stereocenters. The van der Waals surface area contributed by atoms with Gasteiger partial charge in [0.15, 0.2) is 9.84 Å². The van der Waals surface area contributed by atoms with E-state index in [0.29, 0.717) is 16.6 Å². The molecule has 0 aliphatic carbocycles. The molecule has 0 radical (unpaired) electrons. The van der Waals surface area contributed by atoms with Gasteiger partial charge < -0.3 is 14.0 Å². The van der Waals surface area contributed by atoms with Crippen LogP contribution in [0.4, 0.5) is 0 Å². The Bertz CT molecular complexity index is 766. The third-order valence-corrected chi connectivity index (χ3v) is 3.91. The Balaban J connectivity index is 2.44. The SMILES string of the molecule is COC(=O)c1ccc2c(c1)ncn2C(CS(C)(=O)=O)OC. The number of sulfone groups is 1. The highest BCUT2D eigenvalue weighted by Crippen LogP contribution is 2.21. The summed E-state index contributed by atoms with van der Waals surface area (Å²) < 4.78 is 34.4. The molecule has 1 heterocycles. The van der Waals surface area contributed by atoms with E-state index >= 15 is 0 Å². The highest BCUT2D eigenvalue weighted by molar-refractivity contribution is 7.90. The van der Waals surface area contributed by atoms with Crippen molar-refractivity contribution in [2.45, 2.75) is 6.23 Å². The van der Waals surface area contributed by atoms with Crippen molar-refractivity contribution in [2.24, 2.45) is 0 Å². The maximum atomic E-state index is 11.5. The van der Waals surface area contributed by atoms with Crippen LogP contribution < -0.4 is 0 Å². The lowest BCUT2D eigenvalue weighted by Gasteiger charge is -2.16. The summed E-state index contributed by atoms with van der Waals surface area (Å²) in [4.78, 5) is 15.7. The number of hydrogen-bond donors (Lipinski definition) is 0. The number of aromatic nitrogens is 2. The molecule has 0 saturated carbocycles. The second-order valence-corrected chi connectivity index (χ2v) is 6.81. The van der Waals surface area contributed by atoms with E-state index < -0.39 is 22.0 Å². The molecule has 0 aliphatic heterocycles. The first kappa shape index (κ1) is 15.5. The number of imidazole rings is 1. The summed E-state index contributed by atoms with van der Waals surface area (Å²) in [7, 11) is -0.465. The molecule has 0 N–H and O–H groups in total. The molecule has 0 fully saturated rings. The Labute approximate surface area is 122 Å². The van der Waals surface area contributed by atoms with Crippen molar-refractivity contribution < 1.29 is 22.7 Å². The van der Waals surface area contributed by atoms with Crippen LogP contribution in [0.2, 0.25) is 0 Å². The number of fused-ring (bicyclic) bond motifs is 1. The molecule has 2 aromatic rings. The fraction of sp³-hybridized carbons (Fsp3) is 0.385. The molecule has 0 aliphatic rings. The highest BCUT2D eigenvalue weighted by Gasteiger charge is 2.19. The third-order valence-electron chi connectivity index (χ3n) is 3.02. The average molecular weight is 312 g/mol. The zero-order chi connectivity index (χ0) is 15.6. The molecule has 2 rings (SSSR count). The van der Waals surface area contributed by atoms with Crippen molar-refractivity contribution in [1.29, 1.82) is 0 Å². The molecule has 8 heteroatoms. The van der Waals surface area contributed by atoms with Crippen LogP contribution in [0.3, 0.4) is 0 Å². The van der Waals surface area contributed by atoms with E-state index in [9.17, 15) is 13.2 Å². The van der Waals surface area contributed by atoms with E-state index in [0.717, 1.165) is 6.26 Å². The molecule has 1 atom stereocenters. The Kier molecular flexibility index (Phi) is 4.29. The molecule has 1 aromatic carbocycles. The number of methoxy groups -OCH3 is 2. The van der Waals surface area contributed by atoms with E-state index in [2.05, 4.69) is 9.72 Å². The van der Waals surface area contributed by atoms with Crippen LogP contribution in [0, 0.1) is 0 Å². The minimum atomic E-state index is -3.20. The fourth-order valence-electron chi connectivity index (χ4n) is 2.03. The van der Waals surface area contributed by atoms with Crippen molar-refractivity contribution in [3.8, 4) is 0 Å². The van der Waals surface area contributed by atoms with Crippen LogP contribution in [-0.4, -0.2) is 50.2 Å². The largest absolute Gasteiger partial charge is 0.465 e. The summed E-state index contributed by atoms with van der Waals surface area (Å²) in [6.45, 7) is 0. The Hall–Kier alpha value is -1.93. The van der Waals surface area contributed by atoms with Crippen molar-refractivity contribution >= 4 is 26.8 Å². The van der Waals surface area contributed by atoms with Crippen molar-refractivity contribution in [3.63, 3.8) is 0 Å². The van der Waals surface area contributed by atoms with Gasteiger partial charge in [-0.3, -0.25) is 0 Å². The number of benzene rings is 1. The molecular weight excluding hydrogens is 296 g/mol. The molecule has 0 saturated heterocycles. The van der Waals surface area contributed by atoms with Crippen LogP contribution >= 0.6 is 0 Å². The first-order valence-electron chi connectivity index (χ1n) is 6.11. The van der Waals surface area contributed by atoms with Crippen LogP contribution in [0.25, 0.3) is 11.0 Å². The predicted molar refractivity (Wildman–Crippen MR) is 76.8 cm³/mol. The predicted octanol–water partition coefficient (Wildman–Crippen LogP) is 1.01. The minimum Gasteiger partial charge on any atom is -0.465 e. The fourth-order valence-corrected chi connectivity index (χ4v) is 2.84. The first-order valence-corrected chi connectivity index (χ1v) is 8.17. The Morgan fingerprint density at radius 2 is 2.10 bits per heavy atom. The summed E-state index contributed by atoms with van der Waals surface area (Å²) in [5, 5.41) is 0. The van der Waals surface area contributed by atoms with Gasteiger partial charge in [-0.25, -0.2) is 18.2 Å². The zero-order valence-corrected chi connectivity index (χ0v) is 12.8. The van der Waals surface area contributed by atoms with Gasteiger partial charge in [0.05, 0.1) is 35.8 Å². The second kappa shape index (κ2) is 5.82. The second-order valence-electron chi connectivity index (χ2n) is 4.63. The molecule has 114 valence electrons. The monoisotopic (exact) mass is 312 g/mol. The summed E-state index contributed by atoms with van der Waals surface area (Å²) in [6, 6.07) is 4.87. The molecule has 0 spiro atoms. The number of rotatable bonds is 5. The van der Waals surface area contributed by atoms with Gasteiger partial charge in [-0.15, -0.1) is 0 Å². The Morgan fingerprint density at radius 1 is 1.38 bits per heavy atom. The number of esters is 1. The standard InChI is InChI=1S/C13H16N2O5S/c1-19-12(7-21(3,17)18)15-8-14-10-6-9(13(16)20-2)4-5-11(10)15/h4-6,8,12H,7H2,1-3H3. The quantitative estimate of drug-likeness (QED) is 0.766. The van der Waals surface area contributed by atoms with Crippen LogP contribution in [0.15, 0.2) is 24.5 Å². The third kappa shape index (κ3) is 3.40. The molecule has 7 nitrogen and oxygen atoms in total. The number of carbonyl (C=O) groups excluding carboxylic acids is 1. The zero-order valence-electron chi connectivity index (χ0n) is 11.9. The number of nitrogens with zero attached hydrogens (tertiary/aromatic N) is 2. The number of ether oxygens (including phenoxy) is 2. The van der Waals surface area contributed by atoms with Gasteiger partial charge in [0.2, 0.25) is 0 Å². The van der Waals surface area contributed by atoms with Crippen molar-refractivity contribution in [3.05, 3.63) is 30.1 Å². The van der Waals surface area contributed by atoms with E-state index in [4.69, 9.17) is 4.74 Å². The molecular formula is C13H16N2O5S. The van der Waals surface area contributed by atoms with Gasteiger partial charge in [0.1, 0.15) is 6.23 Å². The smallest absolute Gasteiger partial charge is 0.337 e. The maximum Gasteiger partial charge on any atom is 0.337 e. The van der Waals surface area contributed by atoms with Crippen molar-refractivity contribution in [2.75, 3.05) is 26.2 Å². The van der Waals surface area contributed by atoms with Gasteiger partial charge in [-0.05, 0) is 18.2 Å². The highest BCUT2D eigenvalue weighted by atomic mass is 32.2. The average Bonchev–Trinajstić information content (AvgIpc) is 2.85. The Morgan fingerprint density at radius 3 is 2.67 bits per heavy atom. The summed E-state index contributed by atoms with van der Waals surface area (Å²) >= 11 is 0. The maximum absolute atomic E-state index is 11.5. The molecule has 1 aromatic heterocycles. The summed E-state index contributed by atoms with van der Waals surface area (Å²) in [5.74, 6) is -0.612. The lowest BCUT2D eigenvalue weighted by Crippen LogP contribution is -2.20. The van der Waals surface area contributed by atoms with Gasteiger partial charge in [-0.2, -0.15) is 0 Å². The van der Waals surface area contributed by atoms with E-state index in [1.807, 2.05) is 0 Å². The van der Waals surface area contributed by atoms with Gasteiger partial charge >= 0.3 is 5.97 Å². The van der Waals surface area contributed by atoms with E-state index in [-0.39, 0.29) is 5.75 Å². The van der Waals surface area contributed by atoms with Gasteiger partial charge in [0.25, 0.3) is 0 Å². The van der Waals surface area contributed by atoms with Gasteiger partial charge in [-0.1, -0.05) is 0 Å². The van der Waals surface area contributed by atoms with E-state index in [1.54, 1.807) is 22.8 Å². The number of carbonyl (C=O) groups is 1. The normalized spacial score (nSPS) is 13.3. The topological polar surface area (TPSA) is 87.5 Å². The van der Waals surface area contributed by atoms with Gasteiger partial charge in [0, 0.05) is 13.4 Å². The molecule has 0 bridgehead atoms. The molecule has 0 amide bonds. The van der Waals surface area contributed by atoms with Crippen LogP contribution in [-0.2, 0) is 19.3 Å². The minimum absolute atomic E-state index is 0.159. The lowest BCUT2D eigenvalue weighted by molar-refractivity contribution is 0.0601. The summed E-state index contributed by atoms with van der Waals surface area (Å²) in [6.07, 6.45) is 1.97. The first-order chi connectivity index (χ1) is 9.85. The van der Waals surface area contributed by atoms with Crippen LogP contribution in [0.1, 0.15) is 16.6 Å². The number of hydrogen-bond acceptors (Lipinski definition) is 6. The van der Waals surface area contributed by atoms with E-state index in [1.165, 1.54) is 20.5 Å². The van der Waals surface area contributed by atoms with Crippen LogP contribution in [0.5, 0.6) is 0 Å². The summed E-state index contributed by atoms with van der Waals surface area (Å²) in [5.41, 5.74) is 1.62.